The van der Waals surface area contributed by atoms with E-state index in [9.17, 15) is 9.59 Å². The van der Waals surface area contributed by atoms with E-state index in [1.165, 1.54) is 0 Å². The molecular weight excluding hydrogens is 427 g/mol. The van der Waals surface area contributed by atoms with Gasteiger partial charge in [0.05, 0.1) is 11.8 Å². The highest BCUT2D eigenvalue weighted by Gasteiger charge is 2.35. The minimum Gasteiger partial charge on any atom is -0.460 e. The van der Waals surface area contributed by atoms with Crippen molar-refractivity contribution in [1.82, 2.24) is 4.90 Å². The Kier molecular flexibility index (Phi) is 7.47. The van der Waals surface area contributed by atoms with E-state index in [1.807, 2.05) is 9.80 Å². The van der Waals surface area contributed by atoms with Crippen LogP contribution in [0.5, 0.6) is 0 Å². The SMILES string of the molecule is N=C(N)CC(=O)OCc1cccc(N2CC[C@H](OCC3CCN(C(=O)C4CC4)CC3)C2)c1F. The van der Waals surface area contributed by atoms with Gasteiger partial charge in [-0.25, -0.2) is 4.39 Å². The summed E-state index contributed by atoms with van der Waals surface area (Å²) in [5.41, 5.74) is 5.96. The van der Waals surface area contributed by atoms with Crippen molar-refractivity contribution in [1.29, 1.82) is 5.41 Å². The topological polar surface area (TPSA) is 109 Å². The number of carbonyl (C=O) groups excluding carboxylic acids is 2. The minimum absolute atomic E-state index is 0.0487. The first-order valence-corrected chi connectivity index (χ1v) is 11.8. The molecule has 1 aromatic rings. The number of amidine groups is 1. The summed E-state index contributed by atoms with van der Waals surface area (Å²) in [6, 6.07) is 5.06. The quantitative estimate of drug-likeness (QED) is 0.333. The third-order valence-electron chi connectivity index (χ3n) is 6.69. The van der Waals surface area contributed by atoms with Gasteiger partial charge in [-0.1, -0.05) is 12.1 Å². The van der Waals surface area contributed by atoms with Crippen LogP contribution in [-0.2, 0) is 25.7 Å². The second-order valence-electron chi connectivity index (χ2n) is 9.35. The van der Waals surface area contributed by atoms with Gasteiger partial charge in [-0.05, 0) is 44.1 Å². The molecule has 1 aliphatic carbocycles. The third-order valence-corrected chi connectivity index (χ3v) is 6.69. The number of esters is 1. The van der Waals surface area contributed by atoms with Gasteiger partial charge in [0, 0.05) is 44.3 Å². The third kappa shape index (κ3) is 6.22. The Balaban J connectivity index is 1.22. The Morgan fingerprint density at radius 2 is 1.88 bits per heavy atom. The number of likely N-dealkylation sites (tertiary alicyclic amines) is 1. The lowest BCUT2D eigenvalue weighted by Gasteiger charge is -2.32. The van der Waals surface area contributed by atoms with Gasteiger partial charge in [-0.15, -0.1) is 0 Å². The number of nitrogens with zero attached hydrogens (tertiary/aromatic N) is 2. The molecule has 0 radical (unpaired) electrons. The van der Waals surface area contributed by atoms with Crippen LogP contribution in [0.15, 0.2) is 18.2 Å². The number of nitrogens with one attached hydrogen (secondary N) is 1. The maximum Gasteiger partial charge on any atom is 0.313 e. The molecule has 0 unspecified atom stereocenters. The van der Waals surface area contributed by atoms with Crippen LogP contribution in [0.25, 0.3) is 0 Å². The van der Waals surface area contributed by atoms with Crippen LogP contribution in [0.2, 0.25) is 0 Å². The van der Waals surface area contributed by atoms with Crippen molar-refractivity contribution in [2.75, 3.05) is 37.7 Å². The monoisotopic (exact) mass is 460 g/mol. The van der Waals surface area contributed by atoms with Gasteiger partial charge in [0.25, 0.3) is 0 Å². The molecule has 180 valence electrons. The van der Waals surface area contributed by atoms with Crippen molar-refractivity contribution in [2.24, 2.45) is 17.6 Å². The number of piperidine rings is 1. The molecule has 2 heterocycles. The minimum atomic E-state index is -0.648. The summed E-state index contributed by atoms with van der Waals surface area (Å²) in [5.74, 6) is -0.250. The largest absolute Gasteiger partial charge is 0.460 e. The van der Waals surface area contributed by atoms with Crippen LogP contribution in [0.1, 0.15) is 44.1 Å². The Labute approximate surface area is 193 Å². The summed E-state index contributed by atoms with van der Waals surface area (Å²) in [4.78, 5) is 27.8. The number of rotatable bonds is 9. The van der Waals surface area contributed by atoms with E-state index in [2.05, 4.69) is 0 Å². The summed E-state index contributed by atoms with van der Waals surface area (Å²) >= 11 is 0. The predicted molar refractivity (Wildman–Crippen MR) is 121 cm³/mol. The fraction of sp³-hybridized carbons (Fsp3) is 0.625. The lowest BCUT2D eigenvalue weighted by Crippen LogP contribution is -2.40. The first-order chi connectivity index (χ1) is 15.9. The van der Waals surface area contributed by atoms with Gasteiger partial charge in [-0.2, -0.15) is 0 Å². The molecule has 3 N–H and O–H groups in total. The first kappa shape index (κ1) is 23.5. The highest BCUT2D eigenvalue weighted by atomic mass is 19.1. The number of benzene rings is 1. The number of ether oxygens (including phenoxy) is 2. The number of hydrogen-bond acceptors (Lipinski definition) is 6. The van der Waals surface area contributed by atoms with E-state index in [1.54, 1.807) is 18.2 Å². The van der Waals surface area contributed by atoms with Crippen LogP contribution >= 0.6 is 0 Å². The number of anilines is 1. The Hall–Kier alpha value is -2.68. The second kappa shape index (κ2) is 10.5. The predicted octanol–water partition coefficient (Wildman–Crippen LogP) is 2.44. The summed E-state index contributed by atoms with van der Waals surface area (Å²) in [5, 5.41) is 7.13. The van der Waals surface area contributed by atoms with E-state index in [4.69, 9.17) is 20.6 Å². The molecule has 4 rings (SSSR count). The molecule has 1 aromatic carbocycles. The van der Waals surface area contributed by atoms with E-state index in [0.717, 1.165) is 45.2 Å². The molecule has 1 amide bonds. The van der Waals surface area contributed by atoms with Crippen molar-refractivity contribution in [3.63, 3.8) is 0 Å². The van der Waals surface area contributed by atoms with Crippen molar-refractivity contribution >= 4 is 23.4 Å². The van der Waals surface area contributed by atoms with Crippen LogP contribution < -0.4 is 10.6 Å². The number of nitrogens with two attached hydrogens (primary N) is 1. The van der Waals surface area contributed by atoms with Crippen molar-refractivity contribution < 1.29 is 23.5 Å². The zero-order valence-corrected chi connectivity index (χ0v) is 18.9. The molecule has 8 nitrogen and oxygen atoms in total. The van der Waals surface area contributed by atoms with Gasteiger partial charge in [0.2, 0.25) is 5.91 Å². The van der Waals surface area contributed by atoms with Gasteiger partial charge < -0.3 is 25.0 Å². The molecule has 3 aliphatic rings. The fourth-order valence-electron chi connectivity index (χ4n) is 4.55. The lowest BCUT2D eigenvalue weighted by atomic mass is 9.97. The maximum absolute atomic E-state index is 15.0. The smallest absolute Gasteiger partial charge is 0.313 e. The molecule has 2 aliphatic heterocycles. The van der Waals surface area contributed by atoms with Crippen LogP contribution in [-0.4, -0.2) is 61.5 Å². The highest BCUT2D eigenvalue weighted by molar-refractivity contribution is 5.94. The van der Waals surface area contributed by atoms with E-state index in [0.29, 0.717) is 42.8 Å². The number of carbonyl (C=O) groups is 2. The summed E-state index contributed by atoms with van der Waals surface area (Å²) in [7, 11) is 0. The van der Waals surface area contributed by atoms with Gasteiger partial charge >= 0.3 is 5.97 Å². The van der Waals surface area contributed by atoms with Gasteiger partial charge in [0.15, 0.2) is 5.82 Å². The van der Waals surface area contributed by atoms with Crippen molar-refractivity contribution in [3.8, 4) is 0 Å². The number of halogens is 1. The Bertz CT molecular complexity index is 883. The van der Waals surface area contributed by atoms with Gasteiger partial charge in [0.1, 0.15) is 18.9 Å². The zero-order chi connectivity index (χ0) is 23.4. The van der Waals surface area contributed by atoms with E-state index >= 15 is 4.39 Å². The highest BCUT2D eigenvalue weighted by Crippen LogP contribution is 2.33. The van der Waals surface area contributed by atoms with Gasteiger partial charge in [-0.3, -0.25) is 15.0 Å². The zero-order valence-electron chi connectivity index (χ0n) is 18.9. The molecule has 33 heavy (non-hydrogen) atoms. The Morgan fingerprint density at radius 1 is 1.12 bits per heavy atom. The number of hydrogen-bond donors (Lipinski definition) is 2. The number of amides is 1. The molecule has 0 spiro atoms. The molecule has 0 aromatic heterocycles. The normalized spacial score (nSPS) is 21.3. The Morgan fingerprint density at radius 3 is 2.58 bits per heavy atom. The van der Waals surface area contributed by atoms with Crippen LogP contribution in [0, 0.1) is 23.1 Å². The standard InChI is InChI=1S/C24H33FN4O4/c25-23-18(15-33-22(30)12-21(26)27)2-1-3-20(23)29-11-8-19(13-29)32-14-16-6-9-28(10-7-16)24(31)17-4-5-17/h1-3,16-17,19H,4-15H2,(H3,26,27)/t19-/m0/s1. The fourth-order valence-corrected chi connectivity index (χ4v) is 4.55. The molecule has 1 saturated carbocycles. The molecule has 1 atom stereocenters. The second-order valence-corrected chi connectivity index (χ2v) is 9.35. The average Bonchev–Trinajstić information content (AvgIpc) is 3.54. The summed E-state index contributed by atoms with van der Waals surface area (Å²) in [6.45, 7) is 3.46. The summed E-state index contributed by atoms with van der Waals surface area (Å²) < 4.78 is 26.2. The van der Waals surface area contributed by atoms with Crippen LogP contribution in [0.3, 0.4) is 0 Å². The van der Waals surface area contributed by atoms with Crippen LogP contribution in [0.4, 0.5) is 10.1 Å². The molecule has 0 bridgehead atoms. The maximum atomic E-state index is 15.0. The molecule has 3 fully saturated rings. The first-order valence-electron chi connectivity index (χ1n) is 11.8. The molecule has 2 saturated heterocycles. The van der Waals surface area contributed by atoms with Crippen molar-refractivity contribution in [3.05, 3.63) is 29.6 Å². The van der Waals surface area contributed by atoms with Crippen molar-refractivity contribution in [2.45, 2.75) is 51.2 Å². The van der Waals surface area contributed by atoms with E-state index < -0.39 is 11.8 Å². The average molecular weight is 461 g/mol. The molecular formula is C24H33FN4O4. The molecule has 9 heteroatoms. The van der Waals surface area contributed by atoms with E-state index in [-0.39, 0.29) is 30.9 Å². The summed E-state index contributed by atoms with van der Waals surface area (Å²) in [6.07, 6.45) is 4.64. The lowest BCUT2D eigenvalue weighted by molar-refractivity contribution is -0.143.